The lowest BCUT2D eigenvalue weighted by Gasteiger charge is -2.23. The summed E-state index contributed by atoms with van der Waals surface area (Å²) >= 11 is 0. The van der Waals surface area contributed by atoms with Gasteiger partial charge in [0, 0.05) is 18.3 Å². The number of benzene rings is 1. The average Bonchev–Trinajstić information content (AvgIpc) is 3.26. The molecule has 0 radical (unpaired) electrons. The molecule has 1 aliphatic rings. The van der Waals surface area contributed by atoms with Crippen LogP contribution in [0, 0.1) is 12.7 Å². The smallest absolute Gasteiger partial charge is 0.241 e. The molecule has 1 aromatic heterocycles. The number of hydrogen-bond acceptors (Lipinski definition) is 3. The molecule has 2 atom stereocenters. The first kappa shape index (κ1) is 16.6. The Morgan fingerprint density at radius 1 is 1.38 bits per heavy atom. The first-order chi connectivity index (χ1) is 11.5. The highest BCUT2D eigenvalue weighted by Gasteiger charge is 2.29. The third-order valence-electron chi connectivity index (χ3n) is 4.06. The van der Waals surface area contributed by atoms with E-state index in [1.165, 1.54) is 12.1 Å². The fourth-order valence-electron chi connectivity index (χ4n) is 2.68. The van der Waals surface area contributed by atoms with Crippen LogP contribution in [0.3, 0.4) is 0 Å². The van der Waals surface area contributed by atoms with Crippen LogP contribution in [0.2, 0.25) is 0 Å². The summed E-state index contributed by atoms with van der Waals surface area (Å²) in [6.07, 6.45) is 5.84. The minimum Gasteiger partial charge on any atom is -0.352 e. The van der Waals surface area contributed by atoms with E-state index in [0.29, 0.717) is 6.54 Å². The molecule has 0 bridgehead atoms. The molecule has 2 N–H and O–H groups in total. The van der Waals surface area contributed by atoms with Gasteiger partial charge in [-0.1, -0.05) is 12.1 Å². The van der Waals surface area contributed by atoms with Crippen molar-refractivity contribution in [3.8, 4) is 0 Å². The monoisotopic (exact) mass is 330 g/mol. The Bertz CT molecular complexity index is 693. The number of hydrogen-bond donors (Lipinski definition) is 2. The lowest BCUT2D eigenvalue weighted by Crippen LogP contribution is -2.43. The molecule has 5 nitrogen and oxygen atoms in total. The van der Waals surface area contributed by atoms with Crippen LogP contribution in [-0.2, 0) is 11.3 Å². The SMILES string of the molecule is Cc1cnn(C[C@@H](C)N[C@H](C(=O)NC2CC2)c2ccc(F)cc2)c1. The molecule has 0 unspecified atom stereocenters. The van der Waals surface area contributed by atoms with E-state index in [1.807, 2.05) is 30.9 Å². The lowest BCUT2D eigenvalue weighted by molar-refractivity contribution is -0.123. The van der Waals surface area contributed by atoms with Crippen LogP contribution >= 0.6 is 0 Å². The van der Waals surface area contributed by atoms with Crippen molar-refractivity contribution in [1.82, 2.24) is 20.4 Å². The third-order valence-corrected chi connectivity index (χ3v) is 4.06. The standard InChI is InChI=1S/C18H23FN4O/c1-12-9-20-23(10-12)11-13(2)21-17(18(24)22-16-7-8-16)14-3-5-15(19)6-4-14/h3-6,9-10,13,16-17,21H,7-8,11H2,1-2H3,(H,22,24)/t13-,17+/m1/s1. The maximum Gasteiger partial charge on any atom is 0.241 e. The van der Waals surface area contributed by atoms with Gasteiger partial charge in [-0.05, 0) is 49.9 Å². The Morgan fingerprint density at radius 3 is 2.67 bits per heavy atom. The highest BCUT2D eigenvalue weighted by atomic mass is 19.1. The van der Waals surface area contributed by atoms with Gasteiger partial charge in [0.1, 0.15) is 11.9 Å². The summed E-state index contributed by atoms with van der Waals surface area (Å²) in [7, 11) is 0. The van der Waals surface area contributed by atoms with Gasteiger partial charge in [-0.15, -0.1) is 0 Å². The normalized spacial score (nSPS) is 16.6. The van der Waals surface area contributed by atoms with E-state index in [0.717, 1.165) is 24.0 Å². The van der Waals surface area contributed by atoms with Crippen molar-refractivity contribution in [2.75, 3.05) is 0 Å². The van der Waals surface area contributed by atoms with Crippen LogP contribution in [0.15, 0.2) is 36.7 Å². The Labute approximate surface area is 141 Å². The maximum atomic E-state index is 13.2. The van der Waals surface area contributed by atoms with E-state index >= 15 is 0 Å². The molecule has 2 aromatic rings. The fourth-order valence-corrected chi connectivity index (χ4v) is 2.68. The van der Waals surface area contributed by atoms with E-state index in [4.69, 9.17) is 0 Å². The zero-order chi connectivity index (χ0) is 17.1. The summed E-state index contributed by atoms with van der Waals surface area (Å²) in [5, 5.41) is 10.6. The Balaban J connectivity index is 1.70. The molecule has 1 saturated carbocycles. The molecule has 1 heterocycles. The number of carbonyl (C=O) groups is 1. The minimum atomic E-state index is -0.502. The number of aryl methyl sites for hydroxylation is 1. The predicted molar refractivity (Wildman–Crippen MR) is 89.9 cm³/mol. The van der Waals surface area contributed by atoms with Crippen LogP contribution in [0.5, 0.6) is 0 Å². The molecule has 1 aliphatic carbocycles. The summed E-state index contributed by atoms with van der Waals surface area (Å²) in [6.45, 7) is 4.66. The number of nitrogens with zero attached hydrogens (tertiary/aromatic N) is 2. The summed E-state index contributed by atoms with van der Waals surface area (Å²) in [6, 6.07) is 5.90. The van der Waals surface area contributed by atoms with Crippen molar-refractivity contribution < 1.29 is 9.18 Å². The topological polar surface area (TPSA) is 59.0 Å². The van der Waals surface area contributed by atoms with E-state index in [9.17, 15) is 9.18 Å². The van der Waals surface area contributed by atoms with Crippen LogP contribution < -0.4 is 10.6 Å². The molecule has 0 aliphatic heterocycles. The molecule has 1 aromatic carbocycles. The molecule has 6 heteroatoms. The predicted octanol–water partition coefficient (Wildman–Crippen LogP) is 2.33. The first-order valence-corrected chi connectivity index (χ1v) is 8.32. The molecular formula is C18H23FN4O. The van der Waals surface area contributed by atoms with Gasteiger partial charge in [0.25, 0.3) is 0 Å². The minimum absolute atomic E-state index is 0.0318. The zero-order valence-electron chi connectivity index (χ0n) is 14.0. The highest BCUT2D eigenvalue weighted by Crippen LogP contribution is 2.22. The Morgan fingerprint density at radius 2 is 2.08 bits per heavy atom. The van der Waals surface area contributed by atoms with Crippen molar-refractivity contribution in [2.45, 2.75) is 51.4 Å². The maximum absolute atomic E-state index is 13.2. The number of nitrogens with one attached hydrogen (secondary N) is 2. The van der Waals surface area contributed by atoms with E-state index < -0.39 is 6.04 Å². The fraction of sp³-hybridized carbons (Fsp3) is 0.444. The first-order valence-electron chi connectivity index (χ1n) is 8.32. The van der Waals surface area contributed by atoms with Crippen molar-refractivity contribution >= 4 is 5.91 Å². The van der Waals surface area contributed by atoms with Gasteiger partial charge in [0.15, 0.2) is 0 Å². The number of rotatable bonds is 7. The van der Waals surface area contributed by atoms with Crippen molar-refractivity contribution in [2.24, 2.45) is 0 Å². The highest BCUT2D eigenvalue weighted by molar-refractivity contribution is 5.83. The summed E-state index contributed by atoms with van der Waals surface area (Å²) in [5.74, 6) is -0.368. The summed E-state index contributed by atoms with van der Waals surface area (Å²) < 4.78 is 15.0. The average molecular weight is 330 g/mol. The van der Waals surface area contributed by atoms with Gasteiger partial charge in [-0.2, -0.15) is 5.10 Å². The zero-order valence-corrected chi connectivity index (χ0v) is 14.0. The summed E-state index contributed by atoms with van der Waals surface area (Å²) in [4.78, 5) is 12.6. The van der Waals surface area contributed by atoms with Gasteiger partial charge >= 0.3 is 0 Å². The third kappa shape index (κ3) is 4.41. The second-order valence-corrected chi connectivity index (χ2v) is 6.57. The molecular weight excluding hydrogens is 307 g/mol. The number of aromatic nitrogens is 2. The van der Waals surface area contributed by atoms with Crippen LogP contribution in [0.1, 0.15) is 36.9 Å². The molecule has 1 amide bonds. The number of amides is 1. The van der Waals surface area contributed by atoms with Crippen molar-refractivity contribution in [1.29, 1.82) is 0 Å². The van der Waals surface area contributed by atoms with Crippen LogP contribution in [-0.4, -0.2) is 27.8 Å². The second-order valence-electron chi connectivity index (χ2n) is 6.57. The quantitative estimate of drug-likeness (QED) is 0.819. The van der Waals surface area contributed by atoms with Gasteiger partial charge in [-0.25, -0.2) is 4.39 Å². The van der Waals surface area contributed by atoms with Gasteiger partial charge in [-0.3, -0.25) is 14.8 Å². The number of carbonyl (C=O) groups excluding carboxylic acids is 1. The second kappa shape index (κ2) is 7.13. The van der Waals surface area contributed by atoms with Gasteiger partial charge in [0.05, 0.1) is 12.7 Å². The molecule has 24 heavy (non-hydrogen) atoms. The molecule has 128 valence electrons. The van der Waals surface area contributed by atoms with Gasteiger partial charge < -0.3 is 5.32 Å². The molecule has 3 rings (SSSR count). The van der Waals surface area contributed by atoms with Crippen molar-refractivity contribution in [3.63, 3.8) is 0 Å². The molecule has 0 saturated heterocycles. The Hall–Kier alpha value is -2.21. The molecule has 0 spiro atoms. The lowest BCUT2D eigenvalue weighted by atomic mass is 10.0. The van der Waals surface area contributed by atoms with E-state index in [2.05, 4.69) is 15.7 Å². The summed E-state index contributed by atoms with van der Waals surface area (Å²) in [5.41, 5.74) is 1.86. The number of halogens is 1. The largest absolute Gasteiger partial charge is 0.352 e. The van der Waals surface area contributed by atoms with Crippen LogP contribution in [0.25, 0.3) is 0 Å². The van der Waals surface area contributed by atoms with Gasteiger partial charge in [0.2, 0.25) is 5.91 Å². The Kier molecular flexibility index (Phi) is 4.94. The van der Waals surface area contributed by atoms with E-state index in [-0.39, 0.29) is 23.8 Å². The van der Waals surface area contributed by atoms with E-state index in [1.54, 1.807) is 12.1 Å². The van der Waals surface area contributed by atoms with Crippen LogP contribution in [0.4, 0.5) is 4.39 Å². The van der Waals surface area contributed by atoms with Crippen molar-refractivity contribution in [3.05, 3.63) is 53.6 Å². The molecule has 1 fully saturated rings.